The van der Waals surface area contributed by atoms with Gasteiger partial charge in [0, 0.05) is 73.9 Å². The molecule has 4 heterocycles. The van der Waals surface area contributed by atoms with Crippen LogP contribution in [0.1, 0.15) is 10.4 Å². The van der Waals surface area contributed by atoms with E-state index >= 15 is 0 Å². The molecule has 8 nitrogen and oxygen atoms in total. The maximum atomic E-state index is 13.0. The van der Waals surface area contributed by atoms with Crippen molar-refractivity contribution >= 4 is 16.8 Å². The molecular formula is C25H24N6O2. The largest absolute Gasteiger partial charge is 0.336 e. The molecule has 0 radical (unpaired) electrons. The quantitative estimate of drug-likeness (QED) is 0.474. The van der Waals surface area contributed by atoms with E-state index in [-0.39, 0.29) is 11.5 Å². The lowest BCUT2D eigenvalue weighted by Crippen LogP contribution is -2.49. The molecule has 1 aromatic carbocycles. The molecule has 1 saturated heterocycles. The number of carbonyl (C=O) groups excluding carboxylic acids is 1. The van der Waals surface area contributed by atoms with Crippen molar-refractivity contribution in [3.63, 3.8) is 0 Å². The Morgan fingerprint density at radius 1 is 0.879 bits per heavy atom. The van der Waals surface area contributed by atoms with E-state index in [4.69, 9.17) is 0 Å². The molecule has 5 rings (SSSR count). The highest BCUT2D eigenvalue weighted by molar-refractivity contribution is 5.98. The molecule has 33 heavy (non-hydrogen) atoms. The van der Waals surface area contributed by atoms with E-state index in [9.17, 15) is 9.59 Å². The molecule has 0 unspecified atom stereocenters. The summed E-state index contributed by atoms with van der Waals surface area (Å²) in [5.74, 6) is 0.0448. The second kappa shape index (κ2) is 9.30. The van der Waals surface area contributed by atoms with Crippen molar-refractivity contribution in [3.8, 4) is 11.3 Å². The monoisotopic (exact) mass is 440 g/mol. The van der Waals surface area contributed by atoms with Crippen LogP contribution in [0.25, 0.3) is 22.2 Å². The number of amides is 1. The maximum absolute atomic E-state index is 13.0. The minimum atomic E-state index is -0.118. The van der Waals surface area contributed by atoms with Gasteiger partial charge < -0.3 is 4.90 Å². The van der Waals surface area contributed by atoms with Gasteiger partial charge in [0.2, 0.25) is 0 Å². The van der Waals surface area contributed by atoms with E-state index in [2.05, 4.69) is 20.0 Å². The summed E-state index contributed by atoms with van der Waals surface area (Å²) in [5.41, 5.74) is 3.13. The molecule has 8 heteroatoms. The number of hydrogen-bond acceptors (Lipinski definition) is 6. The Bertz CT molecular complexity index is 1330. The normalized spacial score (nSPS) is 14.5. The number of pyridine rings is 2. The molecule has 1 amide bonds. The predicted molar refractivity (Wildman–Crippen MR) is 126 cm³/mol. The third-order valence-corrected chi connectivity index (χ3v) is 5.98. The molecule has 0 spiro atoms. The lowest BCUT2D eigenvalue weighted by molar-refractivity contribution is 0.0631. The van der Waals surface area contributed by atoms with Crippen molar-refractivity contribution in [2.24, 2.45) is 0 Å². The number of benzene rings is 1. The number of fused-ring (bicyclic) bond motifs is 1. The fourth-order valence-corrected chi connectivity index (χ4v) is 4.09. The highest BCUT2D eigenvalue weighted by Gasteiger charge is 2.22. The van der Waals surface area contributed by atoms with Gasteiger partial charge in [0.15, 0.2) is 0 Å². The van der Waals surface area contributed by atoms with Crippen LogP contribution in [0.15, 0.2) is 78.0 Å². The Morgan fingerprint density at radius 2 is 1.70 bits per heavy atom. The fourth-order valence-electron chi connectivity index (χ4n) is 4.09. The van der Waals surface area contributed by atoms with E-state index < -0.39 is 0 Å². The van der Waals surface area contributed by atoms with Crippen LogP contribution in [0, 0.1) is 0 Å². The molecule has 4 aromatic rings. The standard InChI is InChI=1S/C25H24N6O2/c32-24-6-5-23(19-7-10-26-11-8-19)28-31(24)17-14-29-12-15-30(16-13-29)25(33)21-3-4-22-20(18-21)2-1-9-27-22/h1-11,18H,12-17H2. The van der Waals surface area contributed by atoms with Crippen molar-refractivity contribution in [1.29, 1.82) is 0 Å². The van der Waals surface area contributed by atoms with Gasteiger partial charge in [-0.1, -0.05) is 6.07 Å². The van der Waals surface area contributed by atoms with Gasteiger partial charge in [0.05, 0.1) is 17.8 Å². The lowest BCUT2D eigenvalue weighted by atomic mass is 10.1. The summed E-state index contributed by atoms with van der Waals surface area (Å²) in [7, 11) is 0. The van der Waals surface area contributed by atoms with Gasteiger partial charge in [-0.3, -0.25) is 24.5 Å². The summed E-state index contributed by atoms with van der Waals surface area (Å²) in [6.07, 6.45) is 5.17. The molecule has 1 aliphatic heterocycles. The Morgan fingerprint density at radius 3 is 2.52 bits per heavy atom. The van der Waals surface area contributed by atoms with Crippen LogP contribution in [0.3, 0.4) is 0 Å². The van der Waals surface area contributed by atoms with Crippen LogP contribution in [-0.4, -0.2) is 68.2 Å². The smallest absolute Gasteiger partial charge is 0.266 e. The first-order chi connectivity index (χ1) is 16.2. The molecule has 3 aromatic heterocycles. The molecule has 0 saturated carbocycles. The zero-order valence-electron chi connectivity index (χ0n) is 18.2. The molecule has 0 atom stereocenters. The number of carbonyl (C=O) groups is 1. The number of nitrogens with zero attached hydrogens (tertiary/aromatic N) is 6. The first-order valence-corrected chi connectivity index (χ1v) is 11.0. The van der Waals surface area contributed by atoms with Crippen LogP contribution in [0.4, 0.5) is 0 Å². The number of aromatic nitrogens is 4. The Hall–Kier alpha value is -3.91. The third kappa shape index (κ3) is 4.65. The van der Waals surface area contributed by atoms with Gasteiger partial charge >= 0.3 is 0 Å². The summed E-state index contributed by atoms with van der Waals surface area (Å²) >= 11 is 0. The summed E-state index contributed by atoms with van der Waals surface area (Å²) in [6, 6.07) is 16.5. The summed E-state index contributed by atoms with van der Waals surface area (Å²) in [5, 5.41) is 5.48. The minimum Gasteiger partial charge on any atom is -0.336 e. The Labute approximate surface area is 191 Å². The molecule has 166 valence electrons. The molecule has 0 bridgehead atoms. The molecule has 0 N–H and O–H groups in total. The highest BCUT2D eigenvalue weighted by Crippen LogP contribution is 2.16. The maximum Gasteiger partial charge on any atom is 0.266 e. The Kier molecular flexibility index (Phi) is 5.91. The fraction of sp³-hybridized carbons (Fsp3) is 0.240. The van der Waals surface area contributed by atoms with Gasteiger partial charge in [-0.05, 0) is 42.5 Å². The lowest BCUT2D eigenvalue weighted by Gasteiger charge is -2.34. The van der Waals surface area contributed by atoms with Crippen molar-refractivity contribution in [2.75, 3.05) is 32.7 Å². The van der Waals surface area contributed by atoms with Crippen molar-refractivity contribution in [3.05, 3.63) is 89.1 Å². The van der Waals surface area contributed by atoms with Gasteiger partial charge in [-0.25, -0.2) is 4.68 Å². The van der Waals surface area contributed by atoms with E-state index in [1.54, 1.807) is 30.7 Å². The van der Waals surface area contributed by atoms with Crippen molar-refractivity contribution in [2.45, 2.75) is 6.54 Å². The zero-order chi connectivity index (χ0) is 22.6. The first-order valence-electron chi connectivity index (χ1n) is 11.0. The topological polar surface area (TPSA) is 84.2 Å². The number of piperazine rings is 1. The minimum absolute atomic E-state index is 0.0448. The molecule has 1 fully saturated rings. The summed E-state index contributed by atoms with van der Waals surface area (Å²) in [6.45, 7) is 4.05. The van der Waals surface area contributed by atoms with Crippen LogP contribution < -0.4 is 5.56 Å². The van der Waals surface area contributed by atoms with E-state index in [1.165, 1.54) is 4.68 Å². The summed E-state index contributed by atoms with van der Waals surface area (Å²) < 4.78 is 1.51. The SMILES string of the molecule is O=C(c1ccc2ncccc2c1)N1CCN(CCn2nc(-c3ccncc3)ccc2=O)CC1. The number of rotatable bonds is 5. The molecule has 1 aliphatic rings. The highest BCUT2D eigenvalue weighted by atomic mass is 16.2. The molecular weight excluding hydrogens is 416 g/mol. The second-order valence-electron chi connectivity index (χ2n) is 8.06. The molecule has 0 aliphatic carbocycles. The van der Waals surface area contributed by atoms with Gasteiger partial charge in [-0.15, -0.1) is 0 Å². The van der Waals surface area contributed by atoms with Crippen LogP contribution in [0.2, 0.25) is 0 Å². The van der Waals surface area contributed by atoms with Gasteiger partial charge in [0.25, 0.3) is 11.5 Å². The van der Waals surface area contributed by atoms with Crippen LogP contribution in [0.5, 0.6) is 0 Å². The van der Waals surface area contributed by atoms with E-state index in [0.29, 0.717) is 31.7 Å². The van der Waals surface area contributed by atoms with Crippen LogP contribution >= 0.6 is 0 Å². The average molecular weight is 441 g/mol. The summed E-state index contributed by atoms with van der Waals surface area (Å²) in [4.78, 5) is 37.7. The first kappa shape index (κ1) is 21.0. The van der Waals surface area contributed by atoms with Crippen molar-refractivity contribution in [1.82, 2.24) is 29.5 Å². The second-order valence-corrected chi connectivity index (χ2v) is 8.06. The third-order valence-electron chi connectivity index (χ3n) is 5.98. The van der Waals surface area contributed by atoms with Crippen molar-refractivity contribution < 1.29 is 4.79 Å². The van der Waals surface area contributed by atoms with Gasteiger partial charge in [-0.2, -0.15) is 5.10 Å². The van der Waals surface area contributed by atoms with E-state index in [1.807, 2.05) is 47.4 Å². The van der Waals surface area contributed by atoms with Crippen LogP contribution in [-0.2, 0) is 6.54 Å². The zero-order valence-corrected chi connectivity index (χ0v) is 18.2. The average Bonchev–Trinajstić information content (AvgIpc) is 2.88. The predicted octanol–water partition coefficient (Wildman–Crippen LogP) is 2.31. The van der Waals surface area contributed by atoms with E-state index in [0.717, 1.165) is 35.2 Å². The Balaban J connectivity index is 1.19. The number of hydrogen-bond donors (Lipinski definition) is 0. The van der Waals surface area contributed by atoms with Gasteiger partial charge in [0.1, 0.15) is 0 Å².